The monoisotopic (exact) mass is 574 g/mol. The van der Waals surface area contributed by atoms with Crippen molar-refractivity contribution in [1.82, 2.24) is 20.1 Å². The second-order valence-electron chi connectivity index (χ2n) is 10.2. The highest BCUT2D eigenvalue weighted by atomic mass is 16.7. The number of para-hydroxylation sites is 2. The fourth-order valence-corrected chi connectivity index (χ4v) is 4.95. The molecule has 0 atom stereocenters. The summed E-state index contributed by atoms with van der Waals surface area (Å²) >= 11 is 0. The lowest BCUT2D eigenvalue weighted by molar-refractivity contribution is 0.0364. The third-order valence-electron chi connectivity index (χ3n) is 7.30. The molecule has 1 saturated heterocycles. The summed E-state index contributed by atoms with van der Waals surface area (Å²) < 4.78 is 16.3. The van der Waals surface area contributed by atoms with Gasteiger partial charge in [0.05, 0.1) is 24.6 Å². The van der Waals surface area contributed by atoms with Crippen molar-refractivity contribution in [3.8, 4) is 11.5 Å². The van der Waals surface area contributed by atoms with E-state index in [-0.39, 0.29) is 18.7 Å². The zero-order valence-corrected chi connectivity index (χ0v) is 23.9. The fraction of sp³-hybridized carbons (Fsp3) is 0.387. The number of rotatable bonds is 12. The van der Waals surface area contributed by atoms with Crippen LogP contribution in [0.3, 0.4) is 0 Å². The van der Waals surface area contributed by atoms with E-state index in [9.17, 15) is 9.59 Å². The zero-order chi connectivity index (χ0) is 29.1. The molecule has 3 amide bonds. The summed E-state index contributed by atoms with van der Waals surface area (Å²) in [5, 5.41) is 9.03. The quantitative estimate of drug-likeness (QED) is 0.301. The number of aromatic nitrogens is 1. The van der Waals surface area contributed by atoms with Gasteiger partial charge in [0.1, 0.15) is 5.69 Å². The molecule has 0 aliphatic carbocycles. The Hall–Kier alpha value is -4.35. The number of nitrogens with zero attached hydrogens (tertiary/aromatic N) is 3. The third kappa shape index (κ3) is 7.89. The number of hydrogen-bond acceptors (Lipinski definition) is 8. The average Bonchev–Trinajstić information content (AvgIpc) is 3.50. The number of benzene rings is 2. The Morgan fingerprint density at radius 1 is 0.976 bits per heavy atom. The predicted octanol–water partition coefficient (Wildman–Crippen LogP) is 3.58. The molecule has 3 heterocycles. The maximum atomic E-state index is 13.3. The van der Waals surface area contributed by atoms with Crippen LogP contribution in [0.1, 0.15) is 28.0 Å². The molecular formula is C31H38N6O5. The van der Waals surface area contributed by atoms with Crippen LogP contribution < -0.4 is 25.4 Å². The first-order valence-corrected chi connectivity index (χ1v) is 14.3. The zero-order valence-electron chi connectivity index (χ0n) is 23.9. The van der Waals surface area contributed by atoms with E-state index in [1.165, 1.54) is 0 Å². The Morgan fingerprint density at radius 3 is 2.55 bits per heavy atom. The number of anilines is 2. The molecule has 5 rings (SSSR count). The van der Waals surface area contributed by atoms with Crippen LogP contribution in [0, 0.1) is 0 Å². The Labute approximate surface area is 246 Å². The maximum Gasteiger partial charge on any atom is 0.317 e. The lowest BCUT2D eigenvalue weighted by Crippen LogP contribution is -2.42. The van der Waals surface area contributed by atoms with E-state index in [0.717, 1.165) is 67.6 Å². The van der Waals surface area contributed by atoms with E-state index in [0.29, 0.717) is 37.4 Å². The maximum absolute atomic E-state index is 13.3. The molecule has 1 fully saturated rings. The molecule has 0 spiro atoms. The van der Waals surface area contributed by atoms with Crippen LogP contribution in [0.5, 0.6) is 11.5 Å². The van der Waals surface area contributed by atoms with Gasteiger partial charge >= 0.3 is 6.03 Å². The van der Waals surface area contributed by atoms with Crippen LogP contribution in [0.4, 0.5) is 16.2 Å². The van der Waals surface area contributed by atoms with Crippen molar-refractivity contribution in [3.63, 3.8) is 0 Å². The molecular weight excluding hydrogens is 536 g/mol. The van der Waals surface area contributed by atoms with Gasteiger partial charge < -0.3 is 35.1 Å². The first-order chi connectivity index (χ1) is 20.6. The minimum atomic E-state index is -0.298. The number of hydrogen-bond donors (Lipinski definition) is 3. The first-order valence-electron chi connectivity index (χ1n) is 14.3. The minimum absolute atomic E-state index is 0.136. The van der Waals surface area contributed by atoms with Gasteiger partial charge in [-0.05, 0) is 54.3 Å². The molecule has 2 aliphatic heterocycles. The summed E-state index contributed by atoms with van der Waals surface area (Å²) in [5.41, 5.74) is 3.71. The van der Waals surface area contributed by atoms with Crippen LogP contribution in [0.2, 0.25) is 0 Å². The summed E-state index contributed by atoms with van der Waals surface area (Å²) in [5.74, 6) is 1.18. The SMILES string of the molecule is CNc1ccccc1NC(=O)c1ccc(CN(CCCN2CCOCC2)C(=O)NCCc2ccc3c(c2)OCO3)cn1. The molecule has 2 aromatic carbocycles. The number of morpholine rings is 1. The Balaban J connectivity index is 1.18. The van der Waals surface area contributed by atoms with Crippen LogP contribution >= 0.6 is 0 Å². The standard InChI is InChI=1S/C31H38N6O5/c1-32-25-5-2-3-6-26(25)35-30(38)27-9-7-24(20-34-27)21-37(14-4-13-36-15-17-40-18-16-36)31(39)33-12-11-23-8-10-28-29(19-23)42-22-41-28/h2-3,5-10,19-20,32H,4,11-18,21-22H2,1H3,(H,33,39)(H,35,38). The van der Waals surface area contributed by atoms with Crippen molar-refractivity contribution in [2.45, 2.75) is 19.4 Å². The van der Waals surface area contributed by atoms with Gasteiger partial charge in [0.15, 0.2) is 11.5 Å². The number of fused-ring (bicyclic) bond motifs is 1. The van der Waals surface area contributed by atoms with Crippen LogP contribution in [-0.2, 0) is 17.7 Å². The van der Waals surface area contributed by atoms with Gasteiger partial charge in [0, 0.05) is 52.5 Å². The van der Waals surface area contributed by atoms with Gasteiger partial charge in [-0.2, -0.15) is 0 Å². The molecule has 0 bridgehead atoms. The lowest BCUT2D eigenvalue weighted by atomic mass is 10.1. The molecule has 3 aromatic rings. The predicted molar refractivity (Wildman–Crippen MR) is 160 cm³/mol. The summed E-state index contributed by atoms with van der Waals surface area (Å²) in [7, 11) is 1.80. The molecule has 0 radical (unpaired) electrons. The topological polar surface area (TPSA) is 117 Å². The molecule has 3 N–H and O–H groups in total. The molecule has 0 unspecified atom stereocenters. The molecule has 222 valence electrons. The second kappa shape index (κ2) is 14.5. The smallest absolute Gasteiger partial charge is 0.317 e. The lowest BCUT2D eigenvalue weighted by Gasteiger charge is -2.28. The van der Waals surface area contributed by atoms with Crippen molar-refractivity contribution >= 4 is 23.3 Å². The van der Waals surface area contributed by atoms with E-state index in [1.807, 2.05) is 48.5 Å². The summed E-state index contributed by atoms with van der Waals surface area (Å²) in [6, 6.07) is 16.7. The molecule has 42 heavy (non-hydrogen) atoms. The number of pyridine rings is 1. The number of ether oxygens (including phenoxy) is 3. The van der Waals surface area contributed by atoms with Crippen LogP contribution in [0.25, 0.3) is 0 Å². The number of nitrogens with one attached hydrogen (secondary N) is 3. The normalized spacial score (nSPS) is 14.3. The third-order valence-corrected chi connectivity index (χ3v) is 7.30. The van der Waals surface area contributed by atoms with Gasteiger partial charge in [0.2, 0.25) is 6.79 Å². The van der Waals surface area contributed by atoms with E-state index >= 15 is 0 Å². The number of urea groups is 1. The highest BCUT2D eigenvalue weighted by Gasteiger charge is 2.18. The fourth-order valence-electron chi connectivity index (χ4n) is 4.95. The van der Waals surface area contributed by atoms with Gasteiger partial charge in [-0.15, -0.1) is 0 Å². The van der Waals surface area contributed by atoms with E-state index < -0.39 is 0 Å². The number of carbonyl (C=O) groups excluding carboxylic acids is 2. The highest BCUT2D eigenvalue weighted by molar-refractivity contribution is 6.04. The van der Waals surface area contributed by atoms with Crippen LogP contribution in [0.15, 0.2) is 60.8 Å². The molecule has 11 nitrogen and oxygen atoms in total. The summed E-state index contributed by atoms with van der Waals surface area (Å²) in [6.07, 6.45) is 3.17. The van der Waals surface area contributed by atoms with Crippen molar-refractivity contribution in [2.75, 3.05) is 70.4 Å². The van der Waals surface area contributed by atoms with Crippen LogP contribution in [-0.4, -0.2) is 86.5 Å². The average molecular weight is 575 g/mol. The van der Waals surface area contributed by atoms with Gasteiger partial charge in [-0.1, -0.05) is 24.3 Å². The van der Waals surface area contributed by atoms with E-state index in [1.54, 1.807) is 24.2 Å². The van der Waals surface area contributed by atoms with Gasteiger partial charge in [-0.3, -0.25) is 14.7 Å². The Morgan fingerprint density at radius 2 is 1.76 bits per heavy atom. The molecule has 0 saturated carbocycles. The molecule has 1 aromatic heterocycles. The highest BCUT2D eigenvalue weighted by Crippen LogP contribution is 2.32. The van der Waals surface area contributed by atoms with Crippen molar-refractivity contribution < 1.29 is 23.8 Å². The number of amides is 3. The second-order valence-corrected chi connectivity index (χ2v) is 10.2. The van der Waals surface area contributed by atoms with Gasteiger partial charge in [0.25, 0.3) is 5.91 Å². The number of carbonyl (C=O) groups is 2. The molecule has 2 aliphatic rings. The van der Waals surface area contributed by atoms with Crippen molar-refractivity contribution in [3.05, 3.63) is 77.6 Å². The van der Waals surface area contributed by atoms with E-state index in [4.69, 9.17) is 14.2 Å². The van der Waals surface area contributed by atoms with Crippen molar-refractivity contribution in [2.24, 2.45) is 0 Å². The first kappa shape index (κ1) is 29.2. The van der Waals surface area contributed by atoms with Crippen molar-refractivity contribution in [1.29, 1.82) is 0 Å². The summed E-state index contributed by atoms with van der Waals surface area (Å²) in [6.45, 7) is 5.92. The Kier molecular flexibility index (Phi) is 10.1. The van der Waals surface area contributed by atoms with Gasteiger partial charge in [-0.25, -0.2) is 4.79 Å². The summed E-state index contributed by atoms with van der Waals surface area (Å²) in [4.78, 5) is 34.7. The minimum Gasteiger partial charge on any atom is -0.454 e. The Bertz CT molecular complexity index is 1350. The van der Waals surface area contributed by atoms with E-state index in [2.05, 4.69) is 25.8 Å². The largest absolute Gasteiger partial charge is 0.454 e. The molecule has 11 heteroatoms.